The molecule has 0 saturated carbocycles. The van der Waals surface area contributed by atoms with Gasteiger partial charge in [-0.15, -0.1) is 23.1 Å². The molecule has 2 aromatic carbocycles. The van der Waals surface area contributed by atoms with Crippen LogP contribution in [0.3, 0.4) is 0 Å². The van der Waals surface area contributed by atoms with Crippen LogP contribution in [0.15, 0.2) is 59.5 Å². The van der Waals surface area contributed by atoms with Gasteiger partial charge in [0.2, 0.25) is 0 Å². The van der Waals surface area contributed by atoms with Gasteiger partial charge in [0.05, 0.1) is 22.7 Å². The molecule has 27 heavy (non-hydrogen) atoms. The molecule has 1 aromatic heterocycles. The molecule has 1 aliphatic heterocycles. The SMILES string of the molecule is CCOC(=O)c1ccccc1NC(=O)c1cc2c(s1)-c1ccccc1SC2. The third-order valence-electron chi connectivity index (χ3n) is 4.22. The predicted octanol–water partition coefficient (Wildman–Crippen LogP) is 5.45. The third-order valence-corrected chi connectivity index (χ3v) is 6.55. The molecular formula is C21H17NO3S2. The molecule has 0 radical (unpaired) electrons. The van der Waals surface area contributed by atoms with E-state index in [-0.39, 0.29) is 12.5 Å². The Labute approximate surface area is 165 Å². The van der Waals surface area contributed by atoms with Crippen LogP contribution in [-0.4, -0.2) is 18.5 Å². The van der Waals surface area contributed by atoms with Crippen LogP contribution in [-0.2, 0) is 10.5 Å². The summed E-state index contributed by atoms with van der Waals surface area (Å²) in [4.78, 5) is 27.9. The first-order valence-electron chi connectivity index (χ1n) is 8.59. The highest BCUT2D eigenvalue weighted by atomic mass is 32.2. The van der Waals surface area contributed by atoms with Crippen molar-refractivity contribution < 1.29 is 14.3 Å². The number of fused-ring (bicyclic) bond motifs is 3. The number of ether oxygens (including phenoxy) is 1. The average Bonchev–Trinajstić information content (AvgIpc) is 3.13. The summed E-state index contributed by atoms with van der Waals surface area (Å²) >= 11 is 3.27. The number of anilines is 1. The second-order valence-corrected chi connectivity index (χ2v) is 8.04. The van der Waals surface area contributed by atoms with Gasteiger partial charge in [-0.05, 0) is 36.8 Å². The van der Waals surface area contributed by atoms with E-state index in [1.165, 1.54) is 27.4 Å². The summed E-state index contributed by atoms with van der Waals surface area (Å²) in [7, 11) is 0. The Bertz CT molecular complexity index is 1030. The average molecular weight is 396 g/mol. The number of benzene rings is 2. The lowest BCUT2D eigenvalue weighted by atomic mass is 10.1. The maximum atomic E-state index is 12.8. The Morgan fingerprint density at radius 1 is 1.11 bits per heavy atom. The van der Waals surface area contributed by atoms with E-state index >= 15 is 0 Å². The first kappa shape index (κ1) is 17.8. The number of hydrogen-bond donors (Lipinski definition) is 1. The number of thioether (sulfide) groups is 1. The Morgan fingerprint density at radius 3 is 2.74 bits per heavy atom. The molecular weight excluding hydrogens is 378 g/mol. The van der Waals surface area contributed by atoms with Crippen LogP contribution in [0.25, 0.3) is 10.4 Å². The minimum Gasteiger partial charge on any atom is -0.462 e. The second-order valence-electron chi connectivity index (χ2n) is 5.97. The molecule has 0 aliphatic carbocycles. The number of thiophene rings is 1. The molecule has 3 aromatic rings. The summed E-state index contributed by atoms with van der Waals surface area (Å²) in [6.07, 6.45) is 0. The van der Waals surface area contributed by atoms with Crippen LogP contribution in [0.1, 0.15) is 32.5 Å². The maximum absolute atomic E-state index is 12.8. The smallest absolute Gasteiger partial charge is 0.340 e. The summed E-state index contributed by atoms with van der Waals surface area (Å²) in [5.74, 6) is 0.202. The molecule has 136 valence electrons. The maximum Gasteiger partial charge on any atom is 0.340 e. The molecule has 1 aliphatic rings. The van der Waals surface area contributed by atoms with Crippen molar-refractivity contribution in [1.82, 2.24) is 0 Å². The lowest BCUT2D eigenvalue weighted by Gasteiger charge is -2.14. The van der Waals surface area contributed by atoms with Crippen LogP contribution in [0.4, 0.5) is 5.69 Å². The number of amides is 1. The Balaban J connectivity index is 1.61. The number of hydrogen-bond acceptors (Lipinski definition) is 5. The predicted molar refractivity (Wildman–Crippen MR) is 110 cm³/mol. The number of para-hydroxylation sites is 1. The summed E-state index contributed by atoms with van der Waals surface area (Å²) < 4.78 is 5.07. The number of carbonyl (C=O) groups excluding carboxylic acids is 2. The molecule has 0 saturated heterocycles. The highest BCUT2D eigenvalue weighted by molar-refractivity contribution is 7.98. The molecule has 0 unspecified atom stereocenters. The van der Waals surface area contributed by atoms with Crippen LogP contribution in [0.2, 0.25) is 0 Å². The van der Waals surface area contributed by atoms with E-state index in [0.29, 0.717) is 16.1 Å². The molecule has 6 heteroatoms. The molecule has 1 amide bonds. The summed E-state index contributed by atoms with van der Waals surface area (Å²) in [5.41, 5.74) is 3.17. The van der Waals surface area contributed by atoms with Crippen molar-refractivity contribution in [1.29, 1.82) is 0 Å². The summed E-state index contributed by atoms with van der Waals surface area (Å²) in [5, 5.41) is 2.86. The molecule has 2 heterocycles. The van der Waals surface area contributed by atoms with Gasteiger partial charge in [-0.25, -0.2) is 4.79 Å². The lowest BCUT2D eigenvalue weighted by Crippen LogP contribution is -2.15. The van der Waals surface area contributed by atoms with E-state index in [1.807, 2.05) is 18.2 Å². The van der Waals surface area contributed by atoms with Crippen molar-refractivity contribution in [3.63, 3.8) is 0 Å². The summed E-state index contributed by atoms with van der Waals surface area (Å²) in [6, 6.07) is 17.1. The molecule has 4 nitrogen and oxygen atoms in total. The van der Waals surface area contributed by atoms with E-state index in [1.54, 1.807) is 43.0 Å². The van der Waals surface area contributed by atoms with Gasteiger partial charge in [-0.1, -0.05) is 30.3 Å². The first-order valence-corrected chi connectivity index (χ1v) is 10.4. The van der Waals surface area contributed by atoms with Gasteiger partial charge >= 0.3 is 5.97 Å². The van der Waals surface area contributed by atoms with Gasteiger partial charge < -0.3 is 10.1 Å². The van der Waals surface area contributed by atoms with Crippen molar-refractivity contribution in [2.24, 2.45) is 0 Å². The zero-order valence-corrected chi connectivity index (χ0v) is 16.3. The highest BCUT2D eigenvalue weighted by Crippen LogP contribution is 2.45. The molecule has 1 N–H and O–H groups in total. The molecule has 0 spiro atoms. The van der Waals surface area contributed by atoms with Gasteiger partial charge in [-0.3, -0.25) is 4.79 Å². The minimum atomic E-state index is -0.441. The van der Waals surface area contributed by atoms with Crippen molar-refractivity contribution in [2.75, 3.05) is 11.9 Å². The topological polar surface area (TPSA) is 55.4 Å². The number of nitrogens with one attached hydrogen (secondary N) is 1. The van der Waals surface area contributed by atoms with Gasteiger partial charge in [-0.2, -0.15) is 0 Å². The van der Waals surface area contributed by atoms with Crippen LogP contribution in [0.5, 0.6) is 0 Å². The van der Waals surface area contributed by atoms with Gasteiger partial charge in [0.1, 0.15) is 0 Å². The van der Waals surface area contributed by atoms with E-state index in [9.17, 15) is 9.59 Å². The van der Waals surface area contributed by atoms with E-state index in [4.69, 9.17) is 4.74 Å². The second kappa shape index (κ2) is 7.58. The fourth-order valence-electron chi connectivity index (χ4n) is 2.97. The first-order chi connectivity index (χ1) is 13.2. The molecule has 0 atom stereocenters. The Hall–Kier alpha value is -2.57. The van der Waals surface area contributed by atoms with Crippen molar-refractivity contribution in [3.05, 3.63) is 70.6 Å². The summed E-state index contributed by atoms with van der Waals surface area (Å²) in [6.45, 7) is 2.04. The van der Waals surface area contributed by atoms with Crippen LogP contribution in [0, 0.1) is 0 Å². The van der Waals surface area contributed by atoms with E-state index in [2.05, 4.69) is 17.4 Å². The largest absolute Gasteiger partial charge is 0.462 e. The normalized spacial score (nSPS) is 12.0. The van der Waals surface area contributed by atoms with Gasteiger partial charge in [0.25, 0.3) is 5.91 Å². The zero-order chi connectivity index (χ0) is 18.8. The Morgan fingerprint density at radius 2 is 1.89 bits per heavy atom. The standard InChI is InChI=1S/C21H17NO3S2/c1-2-25-21(24)14-7-3-5-9-16(14)22-20(23)18-11-13-12-26-17-10-6-4-8-15(17)19(13)27-18/h3-11H,2,12H2,1H3,(H,22,23). The van der Waals surface area contributed by atoms with Gasteiger partial charge in [0.15, 0.2) is 0 Å². The zero-order valence-electron chi connectivity index (χ0n) is 14.7. The Kier molecular flexibility index (Phi) is 5.01. The number of carbonyl (C=O) groups is 2. The quantitative estimate of drug-likeness (QED) is 0.597. The number of rotatable bonds is 4. The lowest BCUT2D eigenvalue weighted by molar-refractivity contribution is 0.0527. The molecule has 4 rings (SSSR count). The van der Waals surface area contributed by atoms with Crippen LogP contribution < -0.4 is 5.32 Å². The fraction of sp³-hybridized carbons (Fsp3) is 0.143. The molecule has 0 fully saturated rings. The van der Waals surface area contributed by atoms with Crippen molar-refractivity contribution >= 4 is 40.7 Å². The monoisotopic (exact) mass is 395 g/mol. The van der Waals surface area contributed by atoms with Crippen molar-refractivity contribution in [3.8, 4) is 10.4 Å². The minimum absolute atomic E-state index is 0.214. The molecule has 0 bridgehead atoms. The van der Waals surface area contributed by atoms with E-state index in [0.717, 1.165) is 10.6 Å². The number of esters is 1. The highest BCUT2D eigenvalue weighted by Gasteiger charge is 2.22. The van der Waals surface area contributed by atoms with Gasteiger partial charge in [0, 0.05) is 21.1 Å². The fourth-order valence-corrected chi connectivity index (χ4v) is 5.28. The van der Waals surface area contributed by atoms with Crippen LogP contribution >= 0.6 is 23.1 Å². The third kappa shape index (κ3) is 3.50. The van der Waals surface area contributed by atoms with Crippen molar-refractivity contribution in [2.45, 2.75) is 17.6 Å². The van der Waals surface area contributed by atoms with E-state index < -0.39 is 5.97 Å².